The Balaban J connectivity index is 0.000000205. The number of allylic oxidation sites excluding steroid dienone is 5. The number of carboxylic acids is 2. The first-order chi connectivity index (χ1) is 31.8. The van der Waals surface area contributed by atoms with Crippen molar-refractivity contribution in [1.82, 2.24) is 39.9 Å². The molecule has 0 atom stereocenters. The number of rotatable bonds is 8. The van der Waals surface area contributed by atoms with Crippen molar-refractivity contribution in [3.63, 3.8) is 0 Å². The van der Waals surface area contributed by atoms with Crippen LogP contribution in [0.4, 0.5) is 0 Å². The van der Waals surface area contributed by atoms with E-state index in [0.29, 0.717) is 18.5 Å². The first-order valence-electron chi connectivity index (χ1n) is 21.7. The standard InChI is InChI=1S/C34H34N4O4.C20H14N4.Co/c1-7-21-17(3)25-13-26-19(5)23(9-11-33(39)40)31(37-26)16-32-24(10-12-34(41)42)20(6)28(38-32)15-30-22(8-2)18(4)27(36-30)14-29(21)35-25;1-2-14-10-16-5-6-18(23-16)12-20-8-7-19(24-20)11-17-4-3-15(22-17)9-13(1)21-14;/h7-8,13-16,35,38H,1-2,9-12H2,3-6H3,(H,39,40)(H,41,42);1-12,21,24H;. The third-order valence-electron chi connectivity index (χ3n) is 12.3. The van der Waals surface area contributed by atoms with Crippen LogP contribution in [0.2, 0.25) is 0 Å². The molecule has 13 heteroatoms. The van der Waals surface area contributed by atoms with E-state index in [-0.39, 0.29) is 29.6 Å². The number of H-pyrrole nitrogens is 4. The molecule has 0 fully saturated rings. The number of carbonyl (C=O) groups is 2. The molecule has 1 radical (unpaired) electrons. The predicted molar refractivity (Wildman–Crippen MR) is 267 cm³/mol. The van der Waals surface area contributed by atoms with Gasteiger partial charge in [0.05, 0.1) is 45.6 Å². The van der Waals surface area contributed by atoms with Gasteiger partial charge in [-0.25, -0.2) is 19.9 Å². The number of aliphatic carboxylic acids is 2. The summed E-state index contributed by atoms with van der Waals surface area (Å²) in [5.74, 6) is -1.76. The summed E-state index contributed by atoms with van der Waals surface area (Å²) >= 11 is 0. The summed E-state index contributed by atoms with van der Waals surface area (Å²) in [5, 5.41) is 18.9. The maximum Gasteiger partial charge on any atom is 0.303 e. The Morgan fingerprint density at radius 2 is 0.970 bits per heavy atom. The average Bonchev–Trinajstić information content (AvgIpc) is 4.17. The van der Waals surface area contributed by atoms with Crippen LogP contribution in [0.3, 0.4) is 0 Å². The van der Waals surface area contributed by atoms with Crippen molar-refractivity contribution < 1.29 is 36.6 Å². The number of hydrogen-bond acceptors (Lipinski definition) is 6. The molecule has 0 amide bonds. The summed E-state index contributed by atoms with van der Waals surface area (Å²) in [7, 11) is 0. The molecule has 4 aliphatic rings. The molecule has 6 N–H and O–H groups in total. The van der Waals surface area contributed by atoms with Crippen LogP contribution in [0, 0.1) is 13.8 Å². The molecule has 12 nitrogen and oxygen atoms in total. The fourth-order valence-corrected chi connectivity index (χ4v) is 8.71. The SMILES string of the molecule is C1=Cc2cc3ccc(cc4nc(cc5ccc(cc1n2)[nH]5)C=C4)[nH]3.C=CC1=C(C)c2cc3[nH]c(cc4nc(cc5[nH]c(cc1n2)c(C)c5CCC(=O)O)C(CCC(=O)O)=C4C)c(C)c3C=C.[Co]. The van der Waals surface area contributed by atoms with Crippen LogP contribution in [0.5, 0.6) is 0 Å². The molecule has 10 heterocycles. The molecular formula is C54H48CoN8O4. The summed E-state index contributed by atoms with van der Waals surface area (Å²) in [6.45, 7) is 16.0. The van der Waals surface area contributed by atoms with E-state index in [1.54, 1.807) is 6.08 Å². The third kappa shape index (κ3) is 9.60. The quantitative estimate of drug-likeness (QED) is 0.0868. The molecule has 16 bridgehead atoms. The number of aryl methyl sites for hydroxylation is 3. The van der Waals surface area contributed by atoms with Crippen LogP contribution < -0.4 is 0 Å². The summed E-state index contributed by atoms with van der Waals surface area (Å²) in [5.41, 5.74) is 21.6. The van der Waals surface area contributed by atoms with Crippen LogP contribution in [0.1, 0.15) is 101 Å². The number of nitrogens with one attached hydrogen (secondary N) is 4. The molecular weight excluding hydrogens is 884 g/mol. The van der Waals surface area contributed by atoms with Crippen molar-refractivity contribution >= 4 is 109 Å². The van der Waals surface area contributed by atoms with Crippen LogP contribution in [-0.2, 0) is 32.8 Å². The van der Waals surface area contributed by atoms with Gasteiger partial charge in [-0.1, -0.05) is 25.3 Å². The second-order valence-electron chi connectivity index (χ2n) is 16.6. The summed E-state index contributed by atoms with van der Waals surface area (Å²) in [6, 6.07) is 24.2. The largest absolute Gasteiger partial charge is 0.481 e. The van der Waals surface area contributed by atoms with Gasteiger partial charge in [-0.15, -0.1) is 0 Å². The molecule has 0 aromatic carbocycles. The minimum atomic E-state index is -0.883. The Labute approximate surface area is 396 Å². The fourth-order valence-electron chi connectivity index (χ4n) is 8.71. The molecule has 0 saturated heterocycles. The fraction of sp³-hybridized carbons (Fsp3) is 0.148. The maximum atomic E-state index is 11.5. The van der Waals surface area contributed by atoms with Gasteiger partial charge in [0.1, 0.15) is 0 Å². The van der Waals surface area contributed by atoms with E-state index in [9.17, 15) is 19.8 Å². The topological polar surface area (TPSA) is 189 Å². The van der Waals surface area contributed by atoms with Gasteiger partial charge in [-0.2, -0.15) is 0 Å². The minimum Gasteiger partial charge on any atom is -0.481 e. The van der Waals surface area contributed by atoms with E-state index in [0.717, 1.165) is 129 Å². The van der Waals surface area contributed by atoms with E-state index in [2.05, 4.69) is 67.3 Å². The molecule has 6 aromatic heterocycles. The molecule has 0 aliphatic carbocycles. The van der Waals surface area contributed by atoms with Gasteiger partial charge in [0, 0.05) is 84.9 Å². The number of aromatic nitrogens is 8. The maximum absolute atomic E-state index is 11.5. The van der Waals surface area contributed by atoms with Crippen molar-refractivity contribution in [2.45, 2.75) is 53.4 Å². The van der Waals surface area contributed by atoms with Crippen molar-refractivity contribution in [3.8, 4) is 0 Å². The zero-order valence-electron chi connectivity index (χ0n) is 37.5. The van der Waals surface area contributed by atoms with Crippen LogP contribution >= 0.6 is 0 Å². The second-order valence-corrected chi connectivity index (χ2v) is 16.6. The molecule has 10 rings (SSSR count). The van der Waals surface area contributed by atoms with Gasteiger partial charge in [-0.05, 0) is 171 Å². The molecule has 67 heavy (non-hydrogen) atoms. The zero-order chi connectivity index (χ0) is 46.2. The smallest absolute Gasteiger partial charge is 0.303 e. The van der Waals surface area contributed by atoms with Gasteiger partial charge >= 0.3 is 11.9 Å². The van der Waals surface area contributed by atoms with Gasteiger partial charge in [0.2, 0.25) is 0 Å². The first-order valence-corrected chi connectivity index (χ1v) is 21.7. The van der Waals surface area contributed by atoms with Gasteiger partial charge in [0.15, 0.2) is 0 Å². The molecule has 337 valence electrons. The first kappa shape index (κ1) is 45.7. The van der Waals surface area contributed by atoms with Crippen molar-refractivity contribution in [2.75, 3.05) is 0 Å². The summed E-state index contributed by atoms with van der Waals surface area (Å²) < 4.78 is 0. The molecule has 0 spiro atoms. The molecule has 0 saturated carbocycles. The van der Waals surface area contributed by atoms with Crippen LogP contribution in [0.15, 0.2) is 92.0 Å². The van der Waals surface area contributed by atoms with Gasteiger partial charge < -0.3 is 30.1 Å². The number of aromatic amines is 4. The monoisotopic (exact) mass is 931 g/mol. The zero-order valence-corrected chi connectivity index (χ0v) is 38.5. The number of carboxylic acid groups (broad SMARTS) is 2. The molecule has 0 unspecified atom stereocenters. The van der Waals surface area contributed by atoms with E-state index >= 15 is 0 Å². The molecule has 4 aliphatic heterocycles. The Morgan fingerprint density at radius 1 is 0.522 bits per heavy atom. The normalized spacial score (nSPS) is 12.7. The van der Waals surface area contributed by atoms with Crippen molar-refractivity contribution in [1.29, 1.82) is 0 Å². The van der Waals surface area contributed by atoms with Crippen molar-refractivity contribution in [3.05, 3.63) is 160 Å². The van der Waals surface area contributed by atoms with Gasteiger partial charge in [-0.3, -0.25) is 9.59 Å². The second kappa shape index (κ2) is 18.9. The van der Waals surface area contributed by atoms with E-state index in [1.165, 1.54) is 0 Å². The summed E-state index contributed by atoms with van der Waals surface area (Å²) in [4.78, 5) is 56.0. The summed E-state index contributed by atoms with van der Waals surface area (Å²) in [6.07, 6.45) is 12.3. The average molecular weight is 932 g/mol. The minimum absolute atomic E-state index is 0. The number of hydrogen-bond donors (Lipinski definition) is 6. The van der Waals surface area contributed by atoms with E-state index in [4.69, 9.17) is 9.97 Å². The molecule has 6 aromatic rings. The van der Waals surface area contributed by atoms with Gasteiger partial charge in [0.25, 0.3) is 0 Å². The third-order valence-corrected chi connectivity index (χ3v) is 12.3. The Bertz CT molecular complexity index is 3360. The number of fused-ring (bicyclic) bond motifs is 16. The Hall–Kier alpha value is -7.87. The van der Waals surface area contributed by atoms with E-state index < -0.39 is 11.9 Å². The van der Waals surface area contributed by atoms with E-state index in [1.807, 2.05) is 107 Å². The number of nitrogens with zero attached hydrogens (tertiary/aromatic N) is 4. The van der Waals surface area contributed by atoms with Crippen molar-refractivity contribution in [2.24, 2.45) is 0 Å². The Kier molecular flexibility index (Phi) is 12.9. The predicted octanol–water partition coefficient (Wildman–Crippen LogP) is 12.2. The van der Waals surface area contributed by atoms with Crippen LogP contribution in [-0.4, -0.2) is 62.0 Å². The van der Waals surface area contributed by atoms with Crippen LogP contribution in [0.25, 0.3) is 96.8 Å². The Morgan fingerprint density at radius 3 is 1.49 bits per heavy atom.